The first kappa shape index (κ1) is 17.2. The van der Waals surface area contributed by atoms with E-state index in [0.29, 0.717) is 4.99 Å². The Morgan fingerprint density at radius 2 is 2.10 bits per heavy atom. The number of thioether (sulfide) groups is 1. The molecule has 1 aliphatic rings. The van der Waals surface area contributed by atoms with Crippen molar-refractivity contribution in [1.82, 2.24) is 9.88 Å². The van der Waals surface area contributed by atoms with Crippen LogP contribution in [0.1, 0.15) is 44.3 Å². The van der Waals surface area contributed by atoms with E-state index in [2.05, 4.69) is 37.3 Å². The smallest absolute Gasteiger partial charge is 0.107 e. The SMILES string of the molecule is CSC1(C(N)=S)CCN(Cc2nc(C(C)(C)C)cs2)CC1. The molecule has 0 bridgehead atoms. The van der Waals surface area contributed by atoms with E-state index in [-0.39, 0.29) is 10.2 Å². The molecule has 1 fully saturated rings. The van der Waals surface area contributed by atoms with E-state index in [9.17, 15) is 0 Å². The van der Waals surface area contributed by atoms with Gasteiger partial charge in [0.15, 0.2) is 0 Å². The molecule has 0 atom stereocenters. The van der Waals surface area contributed by atoms with Crippen LogP contribution in [0, 0.1) is 0 Å². The predicted molar refractivity (Wildman–Crippen MR) is 98.4 cm³/mol. The second-order valence-corrected chi connectivity index (χ2v) is 9.29. The van der Waals surface area contributed by atoms with E-state index in [0.717, 1.165) is 32.5 Å². The van der Waals surface area contributed by atoms with Gasteiger partial charge in [0, 0.05) is 23.9 Å². The summed E-state index contributed by atoms with van der Waals surface area (Å²) in [4.78, 5) is 7.92. The summed E-state index contributed by atoms with van der Waals surface area (Å²) in [5.74, 6) is 0. The third-order valence-corrected chi connectivity index (χ3v) is 6.95. The molecule has 1 aromatic rings. The van der Waals surface area contributed by atoms with Crippen LogP contribution in [0.4, 0.5) is 0 Å². The van der Waals surface area contributed by atoms with Gasteiger partial charge < -0.3 is 5.73 Å². The number of thiocarbonyl (C=S) groups is 1. The molecule has 1 aromatic heterocycles. The lowest BCUT2D eigenvalue weighted by Crippen LogP contribution is -2.48. The topological polar surface area (TPSA) is 42.1 Å². The maximum Gasteiger partial charge on any atom is 0.107 e. The lowest BCUT2D eigenvalue weighted by atomic mass is 9.93. The number of nitrogens with zero attached hydrogens (tertiary/aromatic N) is 2. The van der Waals surface area contributed by atoms with Gasteiger partial charge in [-0.05, 0) is 19.1 Å². The fourth-order valence-electron chi connectivity index (χ4n) is 2.54. The lowest BCUT2D eigenvalue weighted by molar-refractivity contribution is 0.212. The maximum absolute atomic E-state index is 5.94. The number of hydrogen-bond acceptors (Lipinski definition) is 5. The number of piperidine rings is 1. The number of thiazole rings is 1. The molecule has 1 saturated heterocycles. The van der Waals surface area contributed by atoms with Gasteiger partial charge in [-0.2, -0.15) is 11.8 Å². The molecule has 0 amide bonds. The van der Waals surface area contributed by atoms with Crippen LogP contribution in [-0.4, -0.2) is 39.0 Å². The zero-order chi connectivity index (χ0) is 15.7. The van der Waals surface area contributed by atoms with E-state index in [1.807, 2.05) is 11.8 Å². The molecule has 0 aliphatic carbocycles. The minimum absolute atomic E-state index is 0.00524. The van der Waals surface area contributed by atoms with Gasteiger partial charge in [0.05, 0.1) is 22.0 Å². The maximum atomic E-state index is 5.94. The van der Waals surface area contributed by atoms with E-state index < -0.39 is 0 Å². The molecule has 2 N–H and O–H groups in total. The van der Waals surface area contributed by atoms with Crippen molar-refractivity contribution in [2.75, 3.05) is 19.3 Å². The van der Waals surface area contributed by atoms with Crippen LogP contribution in [-0.2, 0) is 12.0 Å². The first-order chi connectivity index (χ1) is 9.77. The average Bonchev–Trinajstić information content (AvgIpc) is 2.88. The molecule has 0 aromatic carbocycles. The summed E-state index contributed by atoms with van der Waals surface area (Å²) >= 11 is 8.85. The van der Waals surface area contributed by atoms with E-state index in [4.69, 9.17) is 22.9 Å². The summed E-state index contributed by atoms with van der Waals surface area (Å²) in [5, 5.41) is 3.41. The van der Waals surface area contributed by atoms with Gasteiger partial charge in [0.1, 0.15) is 5.01 Å². The van der Waals surface area contributed by atoms with Crippen LogP contribution in [0.2, 0.25) is 0 Å². The zero-order valence-electron chi connectivity index (χ0n) is 13.3. The van der Waals surface area contributed by atoms with Crippen molar-refractivity contribution in [2.45, 2.75) is 50.3 Å². The Labute approximate surface area is 141 Å². The van der Waals surface area contributed by atoms with Gasteiger partial charge in [0.2, 0.25) is 0 Å². The molecule has 118 valence electrons. The number of rotatable bonds is 4. The number of nitrogens with two attached hydrogens (primary N) is 1. The van der Waals surface area contributed by atoms with Crippen LogP contribution in [0.15, 0.2) is 5.38 Å². The predicted octanol–water partition coefficient (Wildman–Crippen LogP) is 3.42. The normalized spacial score (nSPS) is 19.6. The molecule has 2 heterocycles. The van der Waals surface area contributed by atoms with Crippen LogP contribution in [0.25, 0.3) is 0 Å². The van der Waals surface area contributed by atoms with Crippen LogP contribution in [0.5, 0.6) is 0 Å². The Morgan fingerprint density at radius 1 is 1.48 bits per heavy atom. The monoisotopic (exact) mass is 343 g/mol. The molecule has 6 heteroatoms. The molecule has 0 saturated carbocycles. The molecule has 0 radical (unpaired) electrons. The minimum Gasteiger partial charge on any atom is -0.392 e. The molecule has 1 aliphatic heterocycles. The lowest BCUT2D eigenvalue weighted by Gasteiger charge is -2.39. The fourth-order valence-corrected chi connectivity index (χ4v) is 4.85. The van der Waals surface area contributed by atoms with Crippen molar-refractivity contribution in [3.05, 3.63) is 16.1 Å². The van der Waals surface area contributed by atoms with Crippen molar-refractivity contribution in [3.63, 3.8) is 0 Å². The minimum atomic E-state index is 0.00524. The van der Waals surface area contributed by atoms with E-state index in [1.165, 1.54) is 10.7 Å². The first-order valence-electron chi connectivity index (χ1n) is 7.29. The Balaban J connectivity index is 1.95. The van der Waals surface area contributed by atoms with Gasteiger partial charge in [-0.3, -0.25) is 4.90 Å². The molecule has 3 nitrogen and oxygen atoms in total. The van der Waals surface area contributed by atoms with Crippen molar-refractivity contribution in [1.29, 1.82) is 0 Å². The molecule has 21 heavy (non-hydrogen) atoms. The van der Waals surface area contributed by atoms with Crippen molar-refractivity contribution in [2.24, 2.45) is 5.73 Å². The summed E-state index contributed by atoms with van der Waals surface area (Å²) < 4.78 is 0.00524. The van der Waals surface area contributed by atoms with Crippen LogP contribution >= 0.6 is 35.3 Å². The summed E-state index contributed by atoms with van der Waals surface area (Å²) in [6.07, 6.45) is 4.20. The summed E-state index contributed by atoms with van der Waals surface area (Å²) in [5.41, 5.74) is 7.27. The Hall–Kier alpha value is -0.170. The quantitative estimate of drug-likeness (QED) is 0.849. The largest absolute Gasteiger partial charge is 0.392 e. The first-order valence-corrected chi connectivity index (χ1v) is 9.80. The van der Waals surface area contributed by atoms with E-state index >= 15 is 0 Å². The third-order valence-electron chi connectivity index (χ3n) is 4.18. The second-order valence-electron chi connectivity index (χ2n) is 6.72. The molecular weight excluding hydrogens is 318 g/mol. The average molecular weight is 344 g/mol. The number of aromatic nitrogens is 1. The van der Waals surface area contributed by atoms with Gasteiger partial charge in [0.25, 0.3) is 0 Å². The summed E-state index contributed by atoms with van der Waals surface area (Å²) in [7, 11) is 0. The standard InChI is InChI=1S/C15H25N3S3/c1-14(2,3)11-10-21-12(17-11)9-18-7-5-15(20-4,6-8-18)13(16)19/h10H,5-9H2,1-4H3,(H2,16,19). The number of likely N-dealkylation sites (tertiary alicyclic amines) is 1. The van der Waals surface area contributed by atoms with E-state index in [1.54, 1.807) is 11.3 Å². The molecule has 2 rings (SSSR count). The molecular formula is C15H25N3S3. The molecule has 0 unspecified atom stereocenters. The highest BCUT2D eigenvalue weighted by Crippen LogP contribution is 2.35. The van der Waals surface area contributed by atoms with Gasteiger partial charge in [-0.15, -0.1) is 11.3 Å². The molecule has 0 spiro atoms. The van der Waals surface area contributed by atoms with Crippen molar-refractivity contribution in [3.8, 4) is 0 Å². The second kappa shape index (κ2) is 6.52. The van der Waals surface area contributed by atoms with Crippen LogP contribution < -0.4 is 5.73 Å². The zero-order valence-corrected chi connectivity index (χ0v) is 15.8. The Morgan fingerprint density at radius 3 is 2.52 bits per heavy atom. The van der Waals surface area contributed by atoms with Gasteiger partial charge >= 0.3 is 0 Å². The fraction of sp³-hybridized carbons (Fsp3) is 0.733. The Kier molecular flexibility index (Phi) is 5.34. The highest BCUT2D eigenvalue weighted by Gasteiger charge is 2.36. The number of hydrogen-bond donors (Lipinski definition) is 1. The highest BCUT2D eigenvalue weighted by atomic mass is 32.2. The van der Waals surface area contributed by atoms with Crippen LogP contribution in [0.3, 0.4) is 0 Å². The van der Waals surface area contributed by atoms with Crippen molar-refractivity contribution < 1.29 is 0 Å². The van der Waals surface area contributed by atoms with Crippen molar-refractivity contribution >= 4 is 40.3 Å². The summed E-state index contributed by atoms with van der Waals surface area (Å²) in [6, 6.07) is 0. The van der Waals surface area contributed by atoms with Gasteiger partial charge in [-0.25, -0.2) is 4.98 Å². The summed E-state index contributed by atoms with van der Waals surface area (Å²) in [6.45, 7) is 9.67. The third kappa shape index (κ3) is 3.97. The van der Waals surface area contributed by atoms with Gasteiger partial charge in [-0.1, -0.05) is 33.0 Å². The highest BCUT2D eigenvalue weighted by molar-refractivity contribution is 8.02. The Bertz CT molecular complexity index is 497.